The molecule has 2 nitrogen and oxygen atoms in total. The van der Waals surface area contributed by atoms with Crippen molar-refractivity contribution < 1.29 is 13.2 Å². The molecule has 0 radical (unpaired) electrons. The van der Waals surface area contributed by atoms with E-state index in [0.717, 1.165) is 30.6 Å². The van der Waals surface area contributed by atoms with E-state index in [0.29, 0.717) is 6.54 Å². The van der Waals surface area contributed by atoms with Crippen molar-refractivity contribution in [1.82, 2.24) is 5.32 Å². The molecule has 1 aromatic rings. The van der Waals surface area contributed by atoms with Gasteiger partial charge in [0.25, 0.3) is 0 Å². The van der Waals surface area contributed by atoms with Gasteiger partial charge >= 0.3 is 6.18 Å². The lowest BCUT2D eigenvalue weighted by atomic mass is 9.97. The van der Waals surface area contributed by atoms with Crippen LogP contribution in [0.3, 0.4) is 0 Å². The third-order valence-corrected chi connectivity index (χ3v) is 3.09. The SMILES string of the molecule is FC(F)(F)CCNCc1cccc2c1CCCN2. The van der Waals surface area contributed by atoms with Gasteiger partial charge in [0.15, 0.2) is 0 Å². The summed E-state index contributed by atoms with van der Waals surface area (Å²) in [5.41, 5.74) is 3.46. The fraction of sp³-hybridized carbons (Fsp3) is 0.538. The maximum absolute atomic E-state index is 12.0. The smallest absolute Gasteiger partial charge is 0.385 e. The predicted octanol–water partition coefficient (Wildman–Crippen LogP) is 3.09. The van der Waals surface area contributed by atoms with Gasteiger partial charge in [0.2, 0.25) is 0 Å². The summed E-state index contributed by atoms with van der Waals surface area (Å²) in [6.45, 7) is 1.44. The number of benzene rings is 1. The molecule has 1 aliphatic rings. The highest BCUT2D eigenvalue weighted by atomic mass is 19.4. The number of anilines is 1. The molecule has 18 heavy (non-hydrogen) atoms. The van der Waals surface area contributed by atoms with Gasteiger partial charge in [-0.25, -0.2) is 0 Å². The molecule has 2 rings (SSSR count). The van der Waals surface area contributed by atoms with Gasteiger partial charge in [-0.1, -0.05) is 12.1 Å². The van der Waals surface area contributed by atoms with Gasteiger partial charge in [0.05, 0.1) is 6.42 Å². The van der Waals surface area contributed by atoms with Crippen LogP contribution < -0.4 is 10.6 Å². The largest absolute Gasteiger partial charge is 0.390 e. The summed E-state index contributed by atoms with van der Waals surface area (Å²) >= 11 is 0. The molecule has 0 bridgehead atoms. The van der Waals surface area contributed by atoms with Gasteiger partial charge in [0, 0.05) is 25.3 Å². The van der Waals surface area contributed by atoms with Gasteiger partial charge in [0.1, 0.15) is 0 Å². The lowest BCUT2D eigenvalue weighted by molar-refractivity contribution is -0.133. The minimum Gasteiger partial charge on any atom is -0.385 e. The van der Waals surface area contributed by atoms with Crippen molar-refractivity contribution >= 4 is 5.69 Å². The van der Waals surface area contributed by atoms with E-state index in [2.05, 4.69) is 10.6 Å². The van der Waals surface area contributed by atoms with Crippen LogP contribution in [0.25, 0.3) is 0 Å². The van der Waals surface area contributed by atoms with E-state index in [1.165, 1.54) is 5.56 Å². The van der Waals surface area contributed by atoms with Crippen molar-refractivity contribution in [1.29, 1.82) is 0 Å². The molecular formula is C13H17F3N2. The number of hydrogen-bond acceptors (Lipinski definition) is 2. The molecule has 0 aliphatic carbocycles. The molecule has 100 valence electrons. The normalized spacial score (nSPS) is 15.1. The molecule has 5 heteroatoms. The Hall–Kier alpha value is -1.23. The summed E-state index contributed by atoms with van der Waals surface area (Å²) in [4.78, 5) is 0. The highest BCUT2D eigenvalue weighted by Gasteiger charge is 2.25. The van der Waals surface area contributed by atoms with Crippen molar-refractivity contribution in [2.45, 2.75) is 32.0 Å². The summed E-state index contributed by atoms with van der Waals surface area (Å²) in [5, 5.41) is 6.17. The molecule has 1 aliphatic heterocycles. The quantitative estimate of drug-likeness (QED) is 0.811. The maximum atomic E-state index is 12.0. The van der Waals surface area contributed by atoms with Gasteiger partial charge in [-0.2, -0.15) is 13.2 Å². The Morgan fingerprint density at radius 1 is 1.28 bits per heavy atom. The predicted molar refractivity (Wildman–Crippen MR) is 65.6 cm³/mol. The number of alkyl halides is 3. The first-order valence-corrected chi connectivity index (χ1v) is 6.18. The Labute approximate surface area is 105 Å². The second-order valence-corrected chi connectivity index (χ2v) is 4.52. The summed E-state index contributed by atoms with van der Waals surface area (Å²) in [5.74, 6) is 0. The first-order chi connectivity index (χ1) is 8.56. The topological polar surface area (TPSA) is 24.1 Å². The highest BCUT2D eigenvalue weighted by Crippen LogP contribution is 2.25. The average Bonchev–Trinajstić information content (AvgIpc) is 2.33. The summed E-state index contributed by atoms with van der Waals surface area (Å²) in [6.07, 6.45) is -2.78. The van der Waals surface area contributed by atoms with Gasteiger partial charge in [-0.3, -0.25) is 0 Å². The zero-order valence-electron chi connectivity index (χ0n) is 10.1. The van der Waals surface area contributed by atoms with Crippen LogP contribution in [0, 0.1) is 0 Å². The highest BCUT2D eigenvalue weighted by molar-refractivity contribution is 5.56. The molecule has 0 amide bonds. The van der Waals surface area contributed by atoms with E-state index in [1.54, 1.807) is 0 Å². The van der Waals surface area contributed by atoms with Crippen LogP contribution in [-0.2, 0) is 13.0 Å². The van der Waals surface area contributed by atoms with Crippen molar-refractivity contribution in [3.05, 3.63) is 29.3 Å². The summed E-state index contributed by atoms with van der Waals surface area (Å²) < 4.78 is 36.0. The fourth-order valence-electron chi connectivity index (χ4n) is 2.20. The lowest BCUT2D eigenvalue weighted by Gasteiger charge is -2.21. The van der Waals surface area contributed by atoms with Crippen molar-refractivity contribution in [3.63, 3.8) is 0 Å². The number of hydrogen-bond donors (Lipinski definition) is 2. The molecule has 0 atom stereocenters. The molecular weight excluding hydrogens is 241 g/mol. The number of fused-ring (bicyclic) bond motifs is 1. The Bertz CT molecular complexity index is 402. The number of rotatable bonds is 4. The minimum atomic E-state index is -4.08. The molecule has 1 heterocycles. The maximum Gasteiger partial charge on any atom is 0.390 e. The average molecular weight is 258 g/mol. The minimum absolute atomic E-state index is 0.0272. The summed E-state index contributed by atoms with van der Waals surface area (Å²) in [7, 11) is 0. The molecule has 0 saturated heterocycles. The second kappa shape index (κ2) is 5.61. The van der Waals surface area contributed by atoms with Crippen LogP contribution in [0.2, 0.25) is 0 Å². The van der Waals surface area contributed by atoms with E-state index >= 15 is 0 Å². The monoisotopic (exact) mass is 258 g/mol. The van der Waals surface area contributed by atoms with Crippen LogP contribution in [0.15, 0.2) is 18.2 Å². The van der Waals surface area contributed by atoms with E-state index in [1.807, 2.05) is 18.2 Å². The summed E-state index contributed by atoms with van der Waals surface area (Å²) in [6, 6.07) is 5.94. The van der Waals surface area contributed by atoms with E-state index in [-0.39, 0.29) is 6.54 Å². The van der Waals surface area contributed by atoms with Crippen molar-refractivity contribution in [2.75, 3.05) is 18.4 Å². The number of nitrogens with one attached hydrogen (secondary N) is 2. The second-order valence-electron chi connectivity index (χ2n) is 4.52. The van der Waals surface area contributed by atoms with Crippen LogP contribution >= 0.6 is 0 Å². The Kier molecular flexibility index (Phi) is 4.11. The molecule has 0 unspecified atom stereocenters. The standard InChI is InChI=1S/C13H17F3N2/c14-13(15,16)6-8-17-9-10-3-1-5-12-11(10)4-2-7-18-12/h1,3,5,17-18H,2,4,6-9H2. The molecule has 0 aromatic heterocycles. The zero-order valence-corrected chi connectivity index (χ0v) is 10.1. The van der Waals surface area contributed by atoms with Crippen LogP contribution in [0.5, 0.6) is 0 Å². The van der Waals surface area contributed by atoms with Gasteiger partial charge in [-0.15, -0.1) is 0 Å². The molecule has 0 saturated carbocycles. The zero-order chi connectivity index (χ0) is 13.0. The Morgan fingerprint density at radius 3 is 2.89 bits per heavy atom. The van der Waals surface area contributed by atoms with Crippen molar-refractivity contribution in [2.24, 2.45) is 0 Å². The molecule has 0 spiro atoms. The van der Waals surface area contributed by atoms with Gasteiger partial charge in [-0.05, 0) is 30.0 Å². The van der Waals surface area contributed by atoms with Crippen LogP contribution in [0.1, 0.15) is 24.0 Å². The third-order valence-electron chi connectivity index (χ3n) is 3.09. The van der Waals surface area contributed by atoms with E-state index in [9.17, 15) is 13.2 Å². The van der Waals surface area contributed by atoms with E-state index in [4.69, 9.17) is 0 Å². The Balaban J connectivity index is 1.90. The lowest BCUT2D eigenvalue weighted by Crippen LogP contribution is -2.22. The molecule has 1 aromatic carbocycles. The van der Waals surface area contributed by atoms with Crippen LogP contribution in [0.4, 0.5) is 18.9 Å². The first-order valence-electron chi connectivity index (χ1n) is 6.18. The molecule has 2 N–H and O–H groups in total. The molecule has 0 fully saturated rings. The van der Waals surface area contributed by atoms with E-state index < -0.39 is 12.6 Å². The fourth-order valence-corrected chi connectivity index (χ4v) is 2.20. The first kappa shape index (κ1) is 13.2. The number of halogens is 3. The Morgan fingerprint density at radius 2 is 2.11 bits per heavy atom. The van der Waals surface area contributed by atoms with Crippen LogP contribution in [-0.4, -0.2) is 19.3 Å². The van der Waals surface area contributed by atoms with Crippen molar-refractivity contribution in [3.8, 4) is 0 Å². The third kappa shape index (κ3) is 3.63. The van der Waals surface area contributed by atoms with Gasteiger partial charge < -0.3 is 10.6 Å².